The van der Waals surface area contributed by atoms with Gasteiger partial charge in [-0.15, -0.1) is 0 Å². The zero-order valence-corrected chi connectivity index (χ0v) is 18.2. The van der Waals surface area contributed by atoms with E-state index in [0.717, 1.165) is 23.6 Å². The summed E-state index contributed by atoms with van der Waals surface area (Å²) in [5.41, 5.74) is 2.61. The molecule has 2 aromatic heterocycles. The molecule has 5 rings (SSSR count). The van der Waals surface area contributed by atoms with E-state index in [1.165, 1.54) is 12.1 Å². The third-order valence-electron chi connectivity index (χ3n) is 5.69. The molecule has 0 fully saturated rings. The molecule has 1 atom stereocenters. The van der Waals surface area contributed by atoms with Crippen molar-refractivity contribution in [2.24, 2.45) is 4.99 Å². The summed E-state index contributed by atoms with van der Waals surface area (Å²) in [6.07, 6.45) is -0.479. The van der Waals surface area contributed by atoms with Gasteiger partial charge < -0.3 is 5.32 Å². The second-order valence-corrected chi connectivity index (χ2v) is 7.86. The highest BCUT2D eigenvalue weighted by atomic mass is 19.4. The Morgan fingerprint density at radius 1 is 0.853 bits per heavy atom. The van der Waals surface area contributed by atoms with Crippen molar-refractivity contribution in [1.82, 2.24) is 15.0 Å². The van der Waals surface area contributed by atoms with Crippen molar-refractivity contribution >= 4 is 11.8 Å². The van der Waals surface area contributed by atoms with Gasteiger partial charge in [0.15, 0.2) is 0 Å². The normalized spacial score (nSPS) is 15.1. The van der Waals surface area contributed by atoms with E-state index in [0.29, 0.717) is 17.1 Å². The summed E-state index contributed by atoms with van der Waals surface area (Å²) in [4.78, 5) is 17.9. The minimum absolute atomic E-state index is 0.00695. The summed E-state index contributed by atoms with van der Waals surface area (Å²) in [7, 11) is 0. The smallest absolute Gasteiger partial charge is 0.309 e. The number of nitrogens with zero attached hydrogens (tertiary/aromatic N) is 4. The molecule has 170 valence electrons. The number of pyridine rings is 1. The highest BCUT2D eigenvalue weighted by molar-refractivity contribution is 6.10. The van der Waals surface area contributed by atoms with E-state index in [9.17, 15) is 13.2 Å². The number of fused-ring (bicyclic) bond motifs is 1. The van der Waals surface area contributed by atoms with E-state index in [4.69, 9.17) is 4.99 Å². The Morgan fingerprint density at radius 2 is 1.53 bits per heavy atom. The van der Waals surface area contributed by atoms with E-state index in [1.54, 1.807) is 36.7 Å². The van der Waals surface area contributed by atoms with Crippen LogP contribution in [0.15, 0.2) is 84.1 Å². The number of anilines is 1. The highest BCUT2D eigenvalue weighted by Gasteiger charge is 2.34. The minimum atomic E-state index is -4.52. The minimum Gasteiger partial charge on any atom is -0.309 e. The SMILES string of the molecule is CC[C@@H]1N=C(Nc2nc(-c3ccncc3)cc(-c3ccccc3C(F)(F)F)n2)c2ccccc21. The van der Waals surface area contributed by atoms with Crippen LogP contribution < -0.4 is 5.32 Å². The average molecular weight is 459 g/mol. The van der Waals surface area contributed by atoms with Gasteiger partial charge in [0.1, 0.15) is 5.84 Å². The lowest BCUT2D eigenvalue weighted by molar-refractivity contribution is -0.137. The molecule has 3 heterocycles. The van der Waals surface area contributed by atoms with Crippen LogP contribution in [0.1, 0.15) is 36.1 Å². The van der Waals surface area contributed by atoms with E-state index >= 15 is 0 Å². The molecule has 2 aromatic carbocycles. The molecule has 5 nitrogen and oxygen atoms in total. The number of alkyl halides is 3. The van der Waals surface area contributed by atoms with Gasteiger partial charge in [0, 0.05) is 29.1 Å². The summed E-state index contributed by atoms with van der Waals surface area (Å²) in [6.45, 7) is 2.06. The molecule has 0 radical (unpaired) electrons. The van der Waals surface area contributed by atoms with Gasteiger partial charge >= 0.3 is 6.18 Å². The van der Waals surface area contributed by atoms with Crippen molar-refractivity contribution in [2.75, 3.05) is 5.32 Å². The van der Waals surface area contributed by atoms with Crippen LogP contribution >= 0.6 is 0 Å². The number of nitrogens with one attached hydrogen (secondary N) is 1. The molecular formula is C26H20F3N5. The van der Waals surface area contributed by atoms with Crippen molar-refractivity contribution in [1.29, 1.82) is 0 Å². The summed E-state index contributed by atoms with van der Waals surface area (Å²) < 4.78 is 41.2. The first-order valence-corrected chi connectivity index (χ1v) is 10.8. The van der Waals surface area contributed by atoms with E-state index in [2.05, 4.69) is 27.2 Å². The molecule has 8 heteroatoms. The summed E-state index contributed by atoms with van der Waals surface area (Å²) >= 11 is 0. The summed E-state index contributed by atoms with van der Waals surface area (Å²) in [5, 5.41) is 3.17. The topological polar surface area (TPSA) is 63.1 Å². The zero-order valence-electron chi connectivity index (χ0n) is 18.2. The molecule has 0 saturated heterocycles. The summed E-state index contributed by atoms with van der Waals surface area (Å²) in [5.74, 6) is 0.774. The van der Waals surface area contributed by atoms with Crippen LogP contribution in [0.3, 0.4) is 0 Å². The van der Waals surface area contributed by atoms with Crippen LogP contribution in [0.5, 0.6) is 0 Å². The third kappa shape index (κ3) is 4.14. The monoisotopic (exact) mass is 459 g/mol. The van der Waals surface area contributed by atoms with Gasteiger partial charge in [0.2, 0.25) is 5.95 Å². The van der Waals surface area contributed by atoms with Crippen LogP contribution in [0.25, 0.3) is 22.5 Å². The lowest BCUT2D eigenvalue weighted by Crippen LogP contribution is -2.15. The fourth-order valence-corrected chi connectivity index (χ4v) is 4.08. The standard InChI is InChI=1S/C26H20F3N5/c1-2-21-17-7-3-4-8-18(17)24(31-21)34-25-32-22(16-11-13-30-14-12-16)15-23(33-25)19-9-5-6-10-20(19)26(27,28)29/h3-15,21H,2H2,1H3,(H,31,32,33,34)/t21-/m0/s1. The Balaban J connectivity index is 1.64. The van der Waals surface area contributed by atoms with Gasteiger partial charge in [-0.05, 0) is 36.2 Å². The maximum atomic E-state index is 13.7. The van der Waals surface area contributed by atoms with E-state index in [1.807, 2.05) is 24.3 Å². The first-order valence-electron chi connectivity index (χ1n) is 10.8. The Hall–Kier alpha value is -4.07. The second-order valence-electron chi connectivity index (χ2n) is 7.86. The van der Waals surface area contributed by atoms with Crippen molar-refractivity contribution in [3.05, 3.63) is 95.8 Å². The second kappa shape index (κ2) is 8.70. The first kappa shape index (κ1) is 21.8. The fourth-order valence-electron chi connectivity index (χ4n) is 4.08. The van der Waals surface area contributed by atoms with Gasteiger partial charge in [0.25, 0.3) is 0 Å². The van der Waals surface area contributed by atoms with Crippen LogP contribution in [0.2, 0.25) is 0 Å². The number of hydrogen-bond acceptors (Lipinski definition) is 5. The predicted molar refractivity (Wildman–Crippen MR) is 125 cm³/mol. The molecule has 4 aromatic rings. The molecule has 1 N–H and O–H groups in total. The number of halogens is 3. The van der Waals surface area contributed by atoms with Crippen LogP contribution in [-0.4, -0.2) is 20.8 Å². The van der Waals surface area contributed by atoms with Crippen molar-refractivity contribution in [3.63, 3.8) is 0 Å². The highest BCUT2D eigenvalue weighted by Crippen LogP contribution is 2.38. The largest absolute Gasteiger partial charge is 0.417 e. The molecule has 1 aliphatic rings. The number of aromatic nitrogens is 3. The number of rotatable bonds is 4. The predicted octanol–water partition coefficient (Wildman–Crippen LogP) is 6.55. The molecule has 0 spiro atoms. The quantitative estimate of drug-likeness (QED) is 0.376. The zero-order chi connectivity index (χ0) is 23.7. The molecule has 0 unspecified atom stereocenters. The molecule has 0 saturated carbocycles. The lowest BCUT2D eigenvalue weighted by atomic mass is 10.0. The molecule has 0 aliphatic carbocycles. The molecule has 0 amide bonds. The molecular weight excluding hydrogens is 439 g/mol. The number of benzene rings is 2. The lowest BCUT2D eigenvalue weighted by Gasteiger charge is -2.15. The van der Waals surface area contributed by atoms with Gasteiger partial charge in [-0.25, -0.2) is 9.97 Å². The Morgan fingerprint density at radius 3 is 2.26 bits per heavy atom. The van der Waals surface area contributed by atoms with Crippen LogP contribution in [0.4, 0.5) is 19.1 Å². The van der Waals surface area contributed by atoms with E-state index in [-0.39, 0.29) is 23.2 Å². The van der Waals surface area contributed by atoms with Crippen molar-refractivity contribution in [3.8, 4) is 22.5 Å². The van der Waals surface area contributed by atoms with Crippen molar-refractivity contribution < 1.29 is 13.2 Å². The van der Waals surface area contributed by atoms with Crippen LogP contribution in [0, 0.1) is 0 Å². The first-order chi connectivity index (χ1) is 16.4. The van der Waals surface area contributed by atoms with Gasteiger partial charge in [0.05, 0.1) is 23.0 Å². The number of amidine groups is 1. The molecule has 34 heavy (non-hydrogen) atoms. The van der Waals surface area contributed by atoms with Gasteiger partial charge in [-0.1, -0.05) is 49.4 Å². The number of aliphatic imine (C=N–C) groups is 1. The van der Waals surface area contributed by atoms with Gasteiger partial charge in [-0.3, -0.25) is 9.98 Å². The summed E-state index contributed by atoms with van der Waals surface area (Å²) in [6, 6.07) is 18.4. The average Bonchev–Trinajstić information content (AvgIpc) is 3.21. The third-order valence-corrected chi connectivity index (χ3v) is 5.69. The molecule has 1 aliphatic heterocycles. The Labute approximate surface area is 194 Å². The molecule has 0 bridgehead atoms. The fraction of sp³-hybridized carbons (Fsp3) is 0.154. The van der Waals surface area contributed by atoms with Crippen LogP contribution in [-0.2, 0) is 6.18 Å². The van der Waals surface area contributed by atoms with Gasteiger partial charge in [-0.2, -0.15) is 13.2 Å². The van der Waals surface area contributed by atoms with Crippen molar-refractivity contribution in [2.45, 2.75) is 25.6 Å². The number of hydrogen-bond donors (Lipinski definition) is 1. The Bertz CT molecular complexity index is 1370. The van der Waals surface area contributed by atoms with E-state index < -0.39 is 11.7 Å². The Kier molecular flexibility index (Phi) is 5.57. The maximum Gasteiger partial charge on any atom is 0.417 e. The maximum absolute atomic E-state index is 13.7.